The van der Waals surface area contributed by atoms with Gasteiger partial charge in [0.25, 0.3) is 0 Å². The normalized spacial score (nSPS) is 11.3. The molecule has 114 valence electrons. The summed E-state index contributed by atoms with van der Waals surface area (Å²) in [4.78, 5) is 12.4. The molecule has 0 fully saturated rings. The minimum absolute atomic E-state index is 0.0159. The van der Waals surface area contributed by atoms with Crippen molar-refractivity contribution in [2.45, 2.75) is 13.8 Å². The molecular formula is C15H15ClN4O2. The van der Waals surface area contributed by atoms with Crippen LogP contribution >= 0.6 is 11.6 Å². The Kier molecular flexibility index (Phi) is 4.62. The van der Waals surface area contributed by atoms with Crippen molar-refractivity contribution in [3.05, 3.63) is 41.2 Å². The SMILES string of the molecule is C=Cc1nn(-c2cc(NC(C)=O)ccc2O)nc1/C=C(\C)Cl. The average Bonchev–Trinajstić information content (AvgIpc) is 2.82. The van der Waals surface area contributed by atoms with Gasteiger partial charge < -0.3 is 10.4 Å². The molecule has 1 aromatic heterocycles. The molecule has 2 rings (SSSR count). The first kappa shape index (κ1) is 15.8. The van der Waals surface area contributed by atoms with Gasteiger partial charge in [-0.3, -0.25) is 4.79 Å². The van der Waals surface area contributed by atoms with Gasteiger partial charge in [-0.15, -0.1) is 15.0 Å². The predicted octanol–water partition coefficient (Wildman–Crippen LogP) is 3.17. The standard InChI is InChI=1S/C15H15ClN4O2/c1-4-12-13(7-9(2)16)19-20(18-12)14-8-11(17-10(3)21)5-6-15(14)22/h4-8,22H,1H2,2-3H3,(H,17,21)/b9-7+. The molecule has 22 heavy (non-hydrogen) atoms. The van der Waals surface area contributed by atoms with E-state index in [1.807, 2.05) is 0 Å². The number of hydrogen-bond acceptors (Lipinski definition) is 4. The lowest BCUT2D eigenvalue weighted by molar-refractivity contribution is -0.114. The molecule has 0 radical (unpaired) electrons. The van der Waals surface area contributed by atoms with Gasteiger partial charge in [0.15, 0.2) is 0 Å². The van der Waals surface area contributed by atoms with Crippen LogP contribution in [0.25, 0.3) is 17.8 Å². The van der Waals surface area contributed by atoms with Crippen molar-refractivity contribution in [3.8, 4) is 11.4 Å². The van der Waals surface area contributed by atoms with Gasteiger partial charge >= 0.3 is 0 Å². The Hall–Kier alpha value is -2.60. The Morgan fingerprint density at radius 2 is 2.05 bits per heavy atom. The number of nitrogens with zero attached hydrogens (tertiary/aromatic N) is 3. The van der Waals surface area contributed by atoms with E-state index in [-0.39, 0.29) is 11.7 Å². The number of amides is 1. The molecule has 0 saturated carbocycles. The van der Waals surface area contributed by atoms with Crippen LogP contribution in [0.1, 0.15) is 25.2 Å². The third-order valence-electron chi connectivity index (χ3n) is 2.71. The number of aromatic hydroxyl groups is 1. The number of hydrogen-bond donors (Lipinski definition) is 2. The fourth-order valence-electron chi connectivity index (χ4n) is 1.84. The van der Waals surface area contributed by atoms with Crippen LogP contribution in [0.5, 0.6) is 5.75 Å². The van der Waals surface area contributed by atoms with Gasteiger partial charge in [-0.25, -0.2) is 0 Å². The van der Waals surface area contributed by atoms with Crippen molar-refractivity contribution < 1.29 is 9.90 Å². The summed E-state index contributed by atoms with van der Waals surface area (Å²) in [7, 11) is 0. The Morgan fingerprint density at radius 1 is 1.36 bits per heavy atom. The fraction of sp³-hybridized carbons (Fsp3) is 0.133. The van der Waals surface area contributed by atoms with Crippen LogP contribution in [0.2, 0.25) is 0 Å². The highest BCUT2D eigenvalue weighted by molar-refractivity contribution is 6.31. The molecule has 0 aliphatic rings. The molecule has 6 nitrogen and oxygen atoms in total. The Morgan fingerprint density at radius 3 is 2.64 bits per heavy atom. The maximum atomic E-state index is 11.1. The number of benzene rings is 1. The number of carbonyl (C=O) groups excluding carboxylic acids is 1. The lowest BCUT2D eigenvalue weighted by Gasteiger charge is -2.07. The van der Waals surface area contributed by atoms with Gasteiger partial charge in [0, 0.05) is 17.6 Å². The molecule has 0 unspecified atom stereocenters. The zero-order valence-corrected chi connectivity index (χ0v) is 12.9. The number of carbonyl (C=O) groups is 1. The molecule has 1 heterocycles. The number of aromatic nitrogens is 3. The molecule has 0 atom stereocenters. The first-order valence-corrected chi connectivity index (χ1v) is 6.83. The summed E-state index contributed by atoms with van der Waals surface area (Å²) in [6, 6.07) is 4.62. The van der Waals surface area contributed by atoms with Crippen molar-refractivity contribution in [2.75, 3.05) is 5.32 Å². The van der Waals surface area contributed by atoms with E-state index < -0.39 is 0 Å². The number of nitrogens with one attached hydrogen (secondary N) is 1. The lowest BCUT2D eigenvalue weighted by atomic mass is 10.2. The van der Waals surface area contributed by atoms with Crippen molar-refractivity contribution >= 4 is 35.3 Å². The first-order valence-electron chi connectivity index (χ1n) is 6.45. The summed E-state index contributed by atoms with van der Waals surface area (Å²) in [5, 5.41) is 21.7. The Labute approximate surface area is 132 Å². The van der Waals surface area contributed by atoms with E-state index in [9.17, 15) is 9.90 Å². The Balaban J connectivity index is 2.51. The second-order valence-electron chi connectivity index (χ2n) is 4.58. The van der Waals surface area contributed by atoms with Gasteiger partial charge in [-0.2, -0.15) is 0 Å². The van der Waals surface area contributed by atoms with Crippen LogP contribution in [0.4, 0.5) is 5.69 Å². The third kappa shape index (κ3) is 3.53. The summed E-state index contributed by atoms with van der Waals surface area (Å²) in [5.41, 5.74) is 1.93. The van der Waals surface area contributed by atoms with E-state index in [1.165, 1.54) is 17.8 Å². The van der Waals surface area contributed by atoms with Gasteiger partial charge in [0.1, 0.15) is 22.8 Å². The van der Waals surface area contributed by atoms with Crippen LogP contribution in [0.3, 0.4) is 0 Å². The molecule has 0 spiro atoms. The van der Waals surface area contributed by atoms with E-state index in [0.29, 0.717) is 27.8 Å². The number of allylic oxidation sites excluding steroid dienone is 1. The molecule has 0 aliphatic heterocycles. The number of phenolic OH excluding ortho intramolecular Hbond substituents is 1. The van der Waals surface area contributed by atoms with E-state index in [0.717, 1.165) is 0 Å². The van der Waals surface area contributed by atoms with Crippen LogP contribution in [-0.4, -0.2) is 26.0 Å². The highest BCUT2D eigenvalue weighted by Gasteiger charge is 2.12. The van der Waals surface area contributed by atoms with E-state index in [1.54, 1.807) is 31.2 Å². The molecule has 0 saturated heterocycles. The average molecular weight is 319 g/mol. The summed E-state index contributed by atoms with van der Waals surface area (Å²) in [6.45, 7) is 6.81. The van der Waals surface area contributed by atoms with Crippen LogP contribution in [0.15, 0.2) is 29.8 Å². The molecule has 0 bridgehead atoms. The molecule has 0 aliphatic carbocycles. The number of anilines is 1. The van der Waals surface area contributed by atoms with E-state index in [2.05, 4.69) is 22.1 Å². The van der Waals surface area contributed by atoms with E-state index in [4.69, 9.17) is 11.6 Å². The zero-order chi connectivity index (χ0) is 16.3. The highest BCUT2D eigenvalue weighted by Crippen LogP contribution is 2.25. The molecular weight excluding hydrogens is 304 g/mol. The highest BCUT2D eigenvalue weighted by atomic mass is 35.5. The third-order valence-corrected chi connectivity index (χ3v) is 2.82. The fourth-order valence-corrected chi connectivity index (χ4v) is 1.94. The molecule has 7 heteroatoms. The summed E-state index contributed by atoms with van der Waals surface area (Å²) < 4.78 is 0. The van der Waals surface area contributed by atoms with Gasteiger partial charge in [0.2, 0.25) is 5.91 Å². The predicted molar refractivity (Wildman–Crippen MR) is 86.9 cm³/mol. The van der Waals surface area contributed by atoms with Crippen molar-refractivity contribution in [1.29, 1.82) is 0 Å². The summed E-state index contributed by atoms with van der Waals surface area (Å²) >= 11 is 5.86. The van der Waals surface area contributed by atoms with Crippen LogP contribution in [0, 0.1) is 0 Å². The molecule has 2 N–H and O–H groups in total. The monoisotopic (exact) mass is 318 g/mol. The summed E-state index contributed by atoms with van der Waals surface area (Å²) in [6.07, 6.45) is 3.20. The zero-order valence-electron chi connectivity index (χ0n) is 12.2. The molecule has 2 aromatic rings. The van der Waals surface area contributed by atoms with Gasteiger partial charge in [-0.05, 0) is 37.3 Å². The van der Waals surface area contributed by atoms with Gasteiger partial charge in [0.05, 0.1) is 0 Å². The number of phenols is 1. The van der Waals surface area contributed by atoms with Crippen LogP contribution in [-0.2, 0) is 4.79 Å². The first-order chi connectivity index (χ1) is 10.4. The quantitative estimate of drug-likeness (QED) is 0.848. The topological polar surface area (TPSA) is 80.0 Å². The number of rotatable bonds is 4. The van der Waals surface area contributed by atoms with E-state index >= 15 is 0 Å². The number of halogens is 1. The second-order valence-corrected chi connectivity index (χ2v) is 5.18. The second kappa shape index (κ2) is 6.44. The largest absolute Gasteiger partial charge is 0.506 e. The van der Waals surface area contributed by atoms with Crippen LogP contribution < -0.4 is 5.32 Å². The molecule has 1 amide bonds. The van der Waals surface area contributed by atoms with Gasteiger partial charge in [-0.1, -0.05) is 18.2 Å². The molecule has 1 aromatic carbocycles. The summed E-state index contributed by atoms with van der Waals surface area (Å²) in [5.74, 6) is -0.226. The maximum Gasteiger partial charge on any atom is 0.221 e. The smallest absolute Gasteiger partial charge is 0.221 e. The minimum atomic E-state index is -0.210. The van der Waals surface area contributed by atoms with Crippen molar-refractivity contribution in [3.63, 3.8) is 0 Å². The minimum Gasteiger partial charge on any atom is -0.506 e. The van der Waals surface area contributed by atoms with Crippen molar-refractivity contribution in [2.24, 2.45) is 0 Å². The lowest BCUT2D eigenvalue weighted by Crippen LogP contribution is -2.07. The van der Waals surface area contributed by atoms with Crippen molar-refractivity contribution in [1.82, 2.24) is 15.0 Å². The Bertz CT molecular complexity index is 761. The maximum absolute atomic E-state index is 11.1.